The van der Waals surface area contributed by atoms with Gasteiger partial charge in [-0.3, -0.25) is 0 Å². The Morgan fingerprint density at radius 3 is 1.39 bits per heavy atom. The van der Waals surface area contributed by atoms with Gasteiger partial charge in [-0.25, -0.2) is 0 Å². The van der Waals surface area contributed by atoms with E-state index in [9.17, 15) is 0 Å². The van der Waals surface area contributed by atoms with Gasteiger partial charge in [0.05, 0.1) is 0 Å². The molecule has 226 valence electrons. The molecule has 0 saturated heterocycles. The number of para-hydroxylation sites is 3. The summed E-state index contributed by atoms with van der Waals surface area (Å²) >= 11 is 0. The minimum Gasteiger partial charge on any atom is -0.459 e. The molecule has 7 heteroatoms. The van der Waals surface area contributed by atoms with Gasteiger partial charge < -0.3 is 24.0 Å². The van der Waals surface area contributed by atoms with Gasteiger partial charge in [0, 0.05) is 51.1 Å². The van der Waals surface area contributed by atoms with E-state index in [4.69, 9.17) is 14.2 Å². The molecule has 0 aliphatic carbocycles. The Labute approximate surface area is 283 Å². The van der Waals surface area contributed by atoms with Gasteiger partial charge in [0.15, 0.2) is 0 Å². The van der Waals surface area contributed by atoms with Crippen molar-refractivity contribution in [2.45, 2.75) is 0 Å². The second-order valence-corrected chi connectivity index (χ2v) is 13.2. The zero-order chi connectivity index (χ0) is 31.8. The third-order valence-corrected chi connectivity index (χ3v) is 10.7. The van der Waals surface area contributed by atoms with Crippen molar-refractivity contribution in [3.8, 4) is 34.5 Å². The standard InChI is InChI=1S/C42H24B2N2O3/c1-3-12-25(13-4-1)45-28-17-8-7-16-27(28)43-37-29(45)18-9-21-32(37)47-35-24-36-41-42(40(35)43)49-34-23-11-20-31-39(34)44(41)38-30(19-10-22-33(38)48-36)46(31)26-14-5-2-6-15-26/h1-24H. The van der Waals surface area contributed by atoms with Gasteiger partial charge in [0.1, 0.15) is 34.5 Å². The van der Waals surface area contributed by atoms with Crippen LogP contribution >= 0.6 is 0 Å². The fourth-order valence-electron chi connectivity index (χ4n) is 8.93. The van der Waals surface area contributed by atoms with E-state index in [0.29, 0.717) is 0 Å². The first-order chi connectivity index (χ1) is 24.3. The maximum absolute atomic E-state index is 7.17. The van der Waals surface area contributed by atoms with Gasteiger partial charge in [-0.1, -0.05) is 72.8 Å². The molecule has 0 saturated carbocycles. The van der Waals surface area contributed by atoms with Gasteiger partial charge in [-0.15, -0.1) is 0 Å². The van der Waals surface area contributed by atoms with Crippen molar-refractivity contribution < 1.29 is 14.2 Å². The Balaban J connectivity index is 1.14. The molecule has 5 aliphatic heterocycles. The van der Waals surface area contributed by atoms with Gasteiger partial charge in [0.25, 0.3) is 13.4 Å². The summed E-state index contributed by atoms with van der Waals surface area (Å²) in [7, 11) is 0. The lowest BCUT2D eigenvalue weighted by Crippen LogP contribution is -2.65. The van der Waals surface area contributed by atoms with Crippen LogP contribution in [0, 0.1) is 0 Å². The molecule has 0 amide bonds. The summed E-state index contributed by atoms with van der Waals surface area (Å²) in [5, 5.41) is 0. The second kappa shape index (κ2) is 9.18. The normalized spacial score (nSPS) is 14.4. The van der Waals surface area contributed by atoms with Crippen LogP contribution in [0.2, 0.25) is 0 Å². The number of ether oxygens (including phenoxy) is 3. The molecule has 5 nitrogen and oxygen atoms in total. The zero-order valence-electron chi connectivity index (χ0n) is 26.1. The molecule has 49 heavy (non-hydrogen) atoms. The molecule has 5 heterocycles. The largest absolute Gasteiger partial charge is 0.459 e. The highest BCUT2D eigenvalue weighted by Gasteiger charge is 2.51. The van der Waals surface area contributed by atoms with Crippen molar-refractivity contribution >= 4 is 80.3 Å². The number of benzene rings is 7. The van der Waals surface area contributed by atoms with Crippen LogP contribution in [0.4, 0.5) is 34.1 Å². The predicted molar refractivity (Wildman–Crippen MR) is 198 cm³/mol. The molecule has 0 N–H and O–H groups in total. The van der Waals surface area contributed by atoms with Crippen LogP contribution in [0.3, 0.4) is 0 Å². The molecule has 0 aromatic heterocycles. The van der Waals surface area contributed by atoms with E-state index in [0.717, 1.165) is 85.0 Å². The van der Waals surface area contributed by atoms with E-state index >= 15 is 0 Å². The molecule has 0 fully saturated rings. The van der Waals surface area contributed by atoms with Crippen molar-refractivity contribution in [3.63, 3.8) is 0 Å². The molecule has 12 rings (SSSR count). The maximum Gasteiger partial charge on any atom is 0.266 e. The van der Waals surface area contributed by atoms with Crippen LogP contribution in [-0.2, 0) is 0 Å². The van der Waals surface area contributed by atoms with Gasteiger partial charge in [-0.05, 0) is 88.6 Å². The molecule has 7 aromatic rings. The highest BCUT2D eigenvalue weighted by Crippen LogP contribution is 2.48. The number of hydrogen-bond acceptors (Lipinski definition) is 5. The highest BCUT2D eigenvalue weighted by molar-refractivity contribution is 7.03. The summed E-state index contributed by atoms with van der Waals surface area (Å²) in [5.74, 6) is 4.98. The van der Waals surface area contributed by atoms with E-state index in [1.165, 1.54) is 16.4 Å². The lowest BCUT2D eigenvalue weighted by molar-refractivity contribution is 0.447. The summed E-state index contributed by atoms with van der Waals surface area (Å²) in [4.78, 5) is 4.70. The minimum absolute atomic E-state index is 0.0496. The van der Waals surface area contributed by atoms with Gasteiger partial charge >= 0.3 is 0 Å². The molecule has 0 unspecified atom stereocenters. The summed E-state index contributed by atoms with van der Waals surface area (Å²) in [6.45, 7) is -0.149. The second-order valence-electron chi connectivity index (χ2n) is 13.2. The Hall–Kier alpha value is -6.33. The molecule has 0 radical (unpaired) electrons. The number of hydrogen-bond donors (Lipinski definition) is 0. The molecule has 7 aromatic carbocycles. The van der Waals surface area contributed by atoms with Crippen molar-refractivity contribution in [1.29, 1.82) is 0 Å². The molecule has 5 aliphatic rings. The SMILES string of the molecule is c1ccc(N2c3ccccc3B3c4c(cccc42)Oc2cc4c5c(c23)Oc2cccc3c2B5c2c(cccc2N3c2ccccc2)O4)cc1. The molecular weight excluding hydrogens is 602 g/mol. The Bertz CT molecular complexity index is 2560. The monoisotopic (exact) mass is 626 g/mol. The first-order valence-corrected chi connectivity index (χ1v) is 16.8. The number of nitrogens with zero attached hydrogens (tertiary/aromatic N) is 2. The molecular formula is C42H24B2N2O3. The fourth-order valence-corrected chi connectivity index (χ4v) is 8.93. The Kier molecular flexibility index (Phi) is 4.82. The van der Waals surface area contributed by atoms with E-state index in [2.05, 4.69) is 155 Å². The quantitative estimate of drug-likeness (QED) is 0.202. The number of rotatable bonds is 2. The van der Waals surface area contributed by atoms with Crippen LogP contribution < -0.4 is 56.8 Å². The van der Waals surface area contributed by atoms with Crippen molar-refractivity contribution in [2.24, 2.45) is 0 Å². The van der Waals surface area contributed by atoms with Crippen molar-refractivity contribution in [1.82, 2.24) is 0 Å². The average molecular weight is 626 g/mol. The van der Waals surface area contributed by atoms with Crippen molar-refractivity contribution in [3.05, 3.63) is 146 Å². The number of fused-ring (bicyclic) bond motifs is 5. The molecule has 0 bridgehead atoms. The highest BCUT2D eigenvalue weighted by atomic mass is 16.5. The summed E-state index contributed by atoms with van der Waals surface area (Å²) in [6, 6.07) is 51.2. The van der Waals surface area contributed by atoms with E-state index in [1.54, 1.807) is 0 Å². The van der Waals surface area contributed by atoms with E-state index < -0.39 is 0 Å². The first kappa shape index (κ1) is 25.7. The van der Waals surface area contributed by atoms with Crippen LogP contribution in [0.1, 0.15) is 0 Å². The van der Waals surface area contributed by atoms with Crippen LogP contribution in [0.15, 0.2) is 146 Å². The average Bonchev–Trinajstić information content (AvgIpc) is 3.15. The first-order valence-electron chi connectivity index (χ1n) is 16.8. The minimum atomic E-state index is -0.0998. The predicted octanol–water partition coefficient (Wildman–Crippen LogP) is 6.60. The van der Waals surface area contributed by atoms with E-state index in [-0.39, 0.29) is 13.4 Å². The maximum atomic E-state index is 7.17. The lowest BCUT2D eigenvalue weighted by atomic mass is 9.30. The van der Waals surface area contributed by atoms with Crippen LogP contribution in [0.5, 0.6) is 34.5 Å². The molecule has 0 spiro atoms. The third kappa shape index (κ3) is 3.22. The third-order valence-electron chi connectivity index (χ3n) is 10.7. The van der Waals surface area contributed by atoms with Crippen LogP contribution in [-0.4, -0.2) is 13.4 Å². The summed E-state index contributed by atoms with van der Waals surface area (Å²) < 4.78 is 20.9. The zero-order valence-corrected chi connectivity index (χ0v) is 26.1. The fraction of sp³-hybridized carbons (Fsp3) is 0. The summed E-state index contributed by atoms with van der Waals surface area (Å²) in [5.41, 5.74) is 13.5. The number of anilines is 6. The molecule has 0 atom stereocenters. The Morgan fingerprint density at radius 2 is 0.796 bits per heavy atom. The van der Waals surface area contributed by atoms with Gasteiger partial charge in [0.2, 0.25) is 0 Å². The van der Waals surface area contributed by atoms with E-state index in [1.807, 2.05) is 0 Å². The summed E-state index contributed by atoms with van der Waals surface area (Å²) in [6.07, 6.45) is 0. The smallest absolute Gasteiger partial charge is 0.266 e. The Morgan fingerprint density at radius 1 is 0.347 bits per heavy atom. The van der Waals surface area contributed by atoms with Gasteiger partial charge in [-0.2, -0.15) is 0 Å². The topological polar surface area (TPSA) is 34.2 Å². The van der Waals surface area contributed by atoms with Crippen molar-refractivity contribution in [2.75, 3.05) is 9.80 Å². The van der Waals surface area contributed by atoms with Crippen LogP contribution in [0.25, 0.3) is 0 Å². The lowest BCUT2D eigenvalue weighted by Gasteiger charge is -2.45.